The van der Waals surface area contributed by atoms with Crippen molar-refractivity contribution in [3.63, 3.8) is 0 Å². The molecule has 4 nitrogen and oxygen atoms in total. The number of aromatic carboxylic acids is 1. The Labute approximate surface area is 101 Å². The Kier molecular flexibility index (Phi) is 4.38. The molecule has 0 unspecified atom stereocenters. The number of carbonyl (C=O) groups excluding carboxylic acids is 1. The molecule has 0 saturated carbocycles. The molecule has 18 heavy (non-hydrogen) atoms. The summed E-state index contributed by atoms with van der Waals surface area (Å²) in [7, 11) is 1.17. The lowest BCUT2D eigenvalue weighted by Gasteiger charge is -2.01. The van der Waals surface area contributed by atoms with Crippen LogP contribution in [0.5, 0.6) is 0 Å². The fourth-order valence-corrected chi connectivity index (χ4v) is 1.13. The Bertz CT molecular complexity index is 555. The van der Waals surface area contributed by atoms with Gasteiger partial charge in [-0.25, -0.2) is 13.6 Å². The second-order valence-corrected chi connectivity index (χ2v) is 3.14. The first-order valence-electron chi connectivity index (χ1n) is 4.74. The summed E-state index contributed by atoms with van der Waals surface area (Å²) in [5.41, 5.74) is -1.36. The maximum atomic E-state index is 13.6. The number of carbonyl (C=O) groups is 2. The van der Waals surface area contributed by atoms with Crippen molar-refractivity contribution in [3.8, 4) is 11.8 Å². The van der Waals surface area contributed by atoms with Gasteiger partial charge in [-0.2, -0.15) is 0 Å². The molecule has 0 aliphatic carbocycles. The molecule has 0 saturated heterocycles. The van der Waals surface area contributed by atoms with E-state index < -0.39 is 29.1 Å². The highest BCUT2D eigenvalue weighted by Crippen LogP contribution is 2.16. The number of hydrogen-bond donors (Lipinski definition) is 1. The number of carboxylic acid groups (broad SMARTS) is 1. The smallest absolute Gasteiger partial charge is 0.341 e. The molecule has 0 aromatic heterocycles. The zero-order chi connectivity index (χ0) is 13.7. The third kappa shape index (κ3) is 3.04. The summed E-state index contributed by atoms with van der Waals surface area (Å²) in [6.07, 6.45) is -0.268. The number of hydrogen-bond acceptors (Lipinski definition) is 3. The summed E-state index contributed by atoms with van der Waals surface area (Å²) in [4.78, 5) is 21.4. The van der Waals surface area contributed by atoms with E-state index in [9.17, 15) is 18.4 Å². The van der Waals surface area contributed by atoms with Gasteiger partial charge in [0.25, 0.3) is 0 Å². The molecule has 94 valence electrons. The fraction of sp³-hybridized carbons (Fsp3) is 0.167. The van der Waals surface area contributed by atoms with Gasteiger partial charge in [-0.05, 0) is 12.1 Å². The molecule has 0 fully saturated rings. The van der Waals surface area contributed by atoms with Crippen LogP contribution >= 0.6 is 0 Å². The van der Waals surface area contributed by atoms with E-state index in [-0.39, 0.29) is 12.0 Å². The lowest BCUT2D eigenvalue weighted by molar-refractivity contribution is -0.139. The van der Waals surface area contributed by atoms with E-state index in [1.54, 1.807) is 0 Å². The summed E-state index contributed by atoms with van der Waals surface area (Å²) < 4.78 is 30.9. The molecule has 0 atom stereocenters. The monoisotopic (exact) mass is 254 g/mol. The minimum Gasteiger partial charge on any atom is -0.477 e. The molecule has 0 aliphatic heterocycles. The van der Waals surface area contributed by atoms with Crippen molar-refractivity contribution in [1.82, 2.24) is 0 Å². The Morgan fingerprint density at radius 1 is 1.39 bits per heavy atom. The van der Waals surface area contributed by atoms with Gasteiger partial charge in [0, 0.05) is 0 Å². The number of methoxy groups -OCH3 is 1. The van der Waals surface area contributed by atoms with Crippen molar-refractivity contribution in [2.75, 3.05) is 7.11 Å². The first-order valence-corrected chi connectivity index (χ1v) is 4.74. The Morgan fingerprint density at radius 2 is 2.06 bits per heavy atom. The van der Waals surface area contributed by atoms with E-state index in [4.69, 9.17) is 5.11 Å². The summed E-state index contributed by atoms with van der Waals surface area (Å²) in [6.45, 7) is 0. The summed E-state index contributed by atoms with van der Waals surface area (Å²) in [5.74, 6) is -0.231. The van der Waals surface area contributed by atoms with Crippen molar-refractivity contribution in [1.29, 1.82) is 0 Å². The van der Waals surface area contributed by atoms with Gasteiger partial charge >= 0.3 is 11.9 Å². The van der Waals surface area contributed by atoms with Crippen molar-refractivity contribution in [2.45, 2.75) is 6.42 Å². The molecule has 0 heterocycles. The topological polar surface area (TPSA) is 63.6 Å². The van der Waals surface area contributed by atoms with Gasteiger partial charge in [-0.15, -0.1) is 0 Å². The molecule has 1 aromatic carbocycles. The molecule has 0 radical (unpaired) electrons. The Balaban J connectivity index is 3.08. The zero-order valence-corrected chi connectivity index (χ0v) is 9.29. The lowest BCUT2D eigenvalue weighted by atomic mass is 10.1. The van der Waals surface area contributed by atoms with Gasteiger partial charge in [0.15, 0.2) is 5.82 Å². The molecule has 1 N–H and O–H groups in total. The summed E-state index contributed by atoms with van der Waals surface area (Å²) >= 11 is 0. The average molecular weight is 254 g/mol. The number of halogens is 2. The van der Waals surface area contributed by atoms with Crippen LogP contribution in [-0.2, 0) is 9.53 Å². The van der Waals surface area contributed by atoms with Crippen LogP contribution < -0.4 is 0 Å². The van der Waals surface area contributed by atoms with Gasteiger partial charge in [0.2, 0.25) is 0 Å². The van der Waals surface area contributed by atoms with E-state index >= 15 is 0 Å². The van der Waals surface area contributed by atoms with Crippen molar-refractivity contribution in [2.24, 2.45) is 0 Å². The van der Waals surface area contributed by atoms with Crippen LogP contribution in [0.1, 0.15) is 22.3 Å². The number of benzene rings is 1. The minimum absolute atomic E-state index is 0.268. The van der Waals surface area contributed by atoms with E-state index in [0.717, 1.165) is 12.1 Å². The average Bonchev–Trinajstić information content (AvgIpc) is 2.31. The van der Waals surface area contributed by atoms with Gasteiger partial charge in [0.05, 0.1) is 12.7 Å². The number of rotatable bonds is 2. The molecule has 1 rings (SSSR count). The second-order valence-electron chi connectivity index (χ2n) is 3.14. The fourth-order valence-electron chi connectivity index (χ4n) is 1.13. The van der Waals surface area contributed by atoms with E-state index in [0.29, 0.717) is 0 Å². The standard InChI is InChI=1S/C12H8F2O4/c1-18-9(15)4-2-3-7-5-6-8(13)10(11(7)14)12(16)17/h5-6H,4H2,1H3,(H,16,17). The largest absolute Gasteiger partial charge is 0.477 e. The molecule has 0 amide bonds. The molecule has 0 spiro atoms. The van der Waals surface area contributed by atoms with Gasteiger partial charge < -0.3 is 9.84 Å². The highest BCUT2D eigenvalue weighted by atomic mass is 19.1. The lowest BCUT2D eigenvalue weighted by Crippen LogP contribution is -2.06. The van der Waals surface area contributed by atoms with Gasteiger partial charge in [-0.3, -0.25) is 4.79 Å². The number of carboxylic acids is 1. The molecule has 1 aromatic rings. The first kappa shape index (κ1) is 13.6. The highest BCUT2D eigenvalue weighted by molar-refractivity contribution is 5.88. The Hall–Kier alpha value is -2.42. The predicted molar refractivity (Wildman–Crippen MR) is 56.8 cm³/mol. The van der Waals surface area contributed by atoms with Crippen LogP contribution in [0.2, 0.25) is 0 Å². The number of esters is 1. The highest BCUT2D eigenvalue weighted by Gasteiger charge is 2.18. The van der Waals surface area contributed by atoms with Crippen LogP contribution in [0, 0.1) is 23.5 Å². The van der Waals surface area contributed by atoms with Gasteiger partial charge in [0.1, 0.15) is 17.8 Å². The molecule has 6 heteroatoms. The first-order chi connectivity index (χ1) is 8.47. The number of ether oxygens (including phenoxy) is 1. The van der Waals surface area contributed by atoms with E-state index in [2.05, 4.69) is 16.6 Å². The molecular formula is C12H8F2O4. The summed E-state index contributed by atoms with van der Waals surface area (Å²) in [5, 5.41) is 8.62. The van der Waals surface area contributed by atoms with E-state index in [1.807, 2.05) is 0 Å². The van der Waals surface area contributed by atoms with E-state index in [1.165, 1.54) is 7.11 Å². The quantitative estimate of drug-likeness (QED) is 0.642. The van der Waals surface area contributed by atoms with Crippen molar-refractivity contribution < 1.29 is 28.2 Å². The van der Waals surface area contributed by atoms with Crippen LogP contribution in [0.4, 0.5) is 8.78 Å². The predicted octanol–water partition coefficient (Wildman–Crippen LogP) is 1.58. The Morgan fingerprint density at radius 3 is 2.61 bits per heavy atom. The van der Waals surface area contributed by atoms with Crippen LogP contribution in [-0.4, -0.2) is 24.2 Å². The summed E-state index contributed by atoms with van der Waals surface area (Å²) in [6, 6.07) is 1.80. The van der Waals surface area contributed by atoms with Crippen molar-refractivity contribution >= 4 is 11.9 Å². The molecule has 0 bridgehead atoms. The second kappa shape index (κ2) is 5.77. The maximum Gasteiger partial charge on any atom is 0.341 e. The zero-order valence-electron chi connectivity index (χ0n) is 9.29. The third-order valence-electron chi connectivity index (χ3n) is 1.99. The SMILES string of the molecule is COC(=O)CC#Cc1ccc(F)c(C(=O)O)c1F. The van der Waals surface area contributed by atoms with Crippen LogP contribution in [0.25, 0.3) is 0 Å². The normalized spacial score (nSPS) is 9.28. The molecule has 0 aliphatic rings. The maximum absolute atomic E-state index is 13.6. The van der Waals surface area contributed by atoms with Crippen LogP contribution in [0.3, 0.4) is 0 Å². The molecular weight excluding hydrogens is 246 g/mol. The van der Waals surface area contributed by atoms with Crippen molar-refractivity contribution in [3.05, 3.63) is 34.9 Å². The van der Waals surface area contributed by atoms with Gasteiger partial charge in [-0.1, -0.05) is 11.8 Å². The van der Waals surface area contributed by atoms with Crippen LogP contribution in [0.15, 0.2) is 12.1 Å². The third-order valence-corrected chi connectivity index (χ3v) is 1.99. The minimum atomic E-state index is -1.72.